The Kier molecular flexibility index (Phi) is 6.39. The molecule has 1 N–H and O–H groups in total. The van der Waals surface area contributed by atoms with Gasteiger partial charge in [0, 0.05) is 16.8 Å². The second-order valence-corrected chi connectivity index (χ2v) is 6.67. The second kappa shape index (κ2) is 9.15. The first-order chi connectivity index (χ1) is 14.0. The van der Waals surface area contributed by atoms with Gasteiger partial charge in [0.1, 0.15) is 12.4 Å². The molecule has 0 aliphatic rings. The van der Waals surface area contributed by atoms with E-state index in [0.29, 0.717) is 22.8 Å². The van der Waals surface area contributed by atoms with Gasteiger partial charge in [-0.15, -0.1) is 0 Å². The smallest absolute Gasteiger partial charge is 0.255 e. The fourth-order valence-electron chi connectivity index (χ4n) is 3.01. The third-order valence-electron chi connectivity index (χ3n) is 4.85. The number of hydrogen-bond acceptors (Lipinski definition) is 4. The van der Waals surface area contributed by atoms with Crippen LogP contribution in [0, 0.1) is 13.8 Å². The quantitative estimate of drug-likeness (QED) is 0.605. The molecule has 3 rings (SSSR count). The summed E-state index contributed by atoms with van der Waals surface area (Å²) in [6.45, 7) is 4.26. The molecule has 5 nitrogen and oxygen atoms in total. The molecule has 150 valence electrons. The summed E-state index contributed by atoms with van der Waals surface area (Å²) in [5.74, 6) is 1.75. The first kappa shape index (κ1) is 20.3. The summed E-state index contributed by atoms with van der Waals surface area (Å²) >= 11 is 0. The van der Waals surface area contributed by atoms with Crippen molar-refractivity contribution < 1.29 is 19.0 Å². The molecular formula is C24H25NO4. The molecule has 0 unspecified atom stereocenters. The number of hydrogen-bond donors (Lipinski definition) is 1. The average Bonchev–Trinajstić information content (AvgIpc) is 2.75. The van der Waals surface area contributed by atoms with Crippen molar-refractivity contribution >= 4 is 11.6 Å². The topological polar surface area (TPSA) is 56.8 Å². The highest BCUT2D eigenvalue weighted by molar-refractivity contribution is 6.05. The number of nitrogens with one attached hydrogen (secondary N) is 1. The standard InChI is InChI=1S/C24H25NO4/c1-16-8-7-9-20(17(16)2)25-24(26)18-12-13-21(27-3)19(14-18)15-29-23-11-6-5-10-22(23)28-4/h5-14H,15H2,1-4H3,(H,25,26). The van der Waals surface area contributed by atoms with Crippen LogP contribution in [0.25, 0.3) is 0 Å². The van der Waals surface area contributed by atoms with E-state index in [-0.39, 0.29) is 12.5 Å². The van der Waals surface area contributed by atoms with Crippen molar-refractivity contribution in [1.29, 1.82) is 0 Å². The third-order valence-corrected chi connectivity index (χ3v) is 4.85. The van der Waals surface area contributed by atoms with Crippen molar-refractivity contribution in [2.45, 2.75) is 20.5 Å². The summed E-state index contributed by atoms with van der Waals surface area (Å²) in [6.07, 6.45) is 0. The monoisotopic (exact) mass is 391 g/mol. The van der Waals surface area contributed by atoms with Crippen LogP contribution in [0.5, 0.6) is 17.2 Å². The number of carbonyl (C=O) groups is 1. The first-order valence-corrected chi connectivity index (χ1v) is 9.33. The van der Waals surface area contributed by atoms with Gasteiger partial charge in [0.15, 0.2) is 11.5 Å². The molecule has 0 saturated heterocycles. The van der Waals surface area contributed by atoms with Gasteiger partial charge in [-0.05, 0) is 61.4 Å². The molecule has 1 amide bonds. The highest BCUT2D eigenvalue weighted by Gasteiger charge is 2.13. The molecule has 0 heterocycles. The van der Waals surface area contributed by atoms with Gasteiger partial charge in [0.25, 0.3) is 5.91 Å². The van der Waals surface area contributed by atoms with E-state index in [2.05, 4.69) is 5.32 Å². The number of para-hydroxylation sites is 2. The molecule has 3 aromatic carbocycles. The van der Waals surface area contributed by atoms with E-state index in [1.807, 2.05) is 56.3 Å². The SMILES string of the molecule is COc1ccc(C(=O)Nc2cccc(C)c2C)cc1COc1ccccc1OC. The minimum atomic E-state index is -0.181. The van der Waals surface area contributed by atoms with Crippen LogP contribution < -0.4 is 19.5 Å². The van der Waals surface area contributed by atoms with E-state index >= 15 is 0 Å². The zero-order valence-electron chi connectivity index (χ0n) is 17.1. The largest absolute Gasteiger partial charge is 0.496 e. The van der Waals surface area contributed by atoms with Crippen LogP contribution in [0.4, 0.5) is 5.69 Å². The normalized spacial score (nSPS) is 10.3. The Labute approximate surface area is 171 Å². The summed E-state index contributed by atoms with van der Waals surface area (Å²) in [6, 6.07) is 18.6. The number of rotatable bonds is 7. The molecule has 0 aromatic heterocycles. The average molecular weight is 391 g/mol. The van der Waals surface area contributed by atoms with Crippen molar-refractivity contribution in [3.8, 4) is 17.2 Å². The van der Waals surface area contributed by atoms with Gasteiger partial charge in [-0.3, -0.25) is 4.79 Å². The summed E-state index contributed by atoms with van der Waals surface area (Å²) in [5.41, 5.74) is 4.28. The summed E-state index contributed by atoms with van der Waals surface area (Å²) in [4.78, 5) is 12.8. The Morgan fingerprint density at radius 2 is 1.59 bits per heavy atom. The molecule has 0 bridgehead atoms. The molecule has 0 aliphatic heterocycles. The summed E-state index contributed by atoms with van der Waals surface area (Å²) in [7, 11) is 3.19. The van der Waals surface area contributed by atoms with E-state index in [1.165, 1.54) is 0 Å². The molecule has 0 radical (unpaired) electrons. The van der Waals surface area contributed by atoms with Gasteiger partial charge in [-0.1, -0.05) is 24.3 Å². The summed E-state index contributed by atoms with van der Waals surface area (Å²) in [5, 5.41) is 2.98. The predicted octanol–water partition coefficient (Wildman–Crippen LogP) is 5.15. The number of ether oxygens (including phenoxy) is 3. The molecule has 3 aromatic rings. The van der Waals surface area contributed by atoms with Crippen molar-refractivity contribution in [2.75, 3.05) is 19.5 Å². The highest BCUT2D eigenvalue weighted by atomic mass is 16.5. The van der Waals surface area contributed by atoms with Gasteiger partial charge in [-0.2, -0.15) is 0 Å². The lowest BCUT2D eigenvalue weighted by atomic mass is 10.1. The lowest BCUT2D eigenvalue weighted by Gasteiger charge is -2.14. The number of aryl methyl sites for hydroxylation is 1. The zero-order valence-corrected chi connectivity index (χ0v) is 17.1. The number of amides is 1. The van der Waals surface area contributed by atoms with Crippen LogP contribution in [0.2, 0.25) is 0 Å². The second-order valence-electron chi connectivity index (χ2n) is 6.67. The molecule has 0 spiro atoms. The van der Waals surface area contributed by atoms with Gasteiger partial charge < -0.3 is 19.5 Å². The fraction of sp³-hybridized carbons (Fsp3) is 0.208. The Morgan fingerprint density at radius 1 is 0.862 bits per heavy atom. The molecule has 0 aliphatic carbocycles. The maximum atomic E-state index is 12.8. The van der Waals surface area contributed by atoms with E-state index < -0.39 is 0 Å². The van der Waals surface area contributed by atoms with Crippen molar-refractivity contribution in [2.24, 2.45) is 0 Å². The molecule has 5 heteroatoms. The number of methoxy groups -OCH3 is 2. The minimum Gasteiger partial charge on any atom is -0.496 e. The van der Waals surface area contributed by atoms with Crippen LogP contribution >= 0.6 is 0 Å². The van der Waals surface area contributed by atoms with Crippen LogP contribution in [0.3, 0.4) is 0 Å². The predicted molar refractivity (Wildman–Crippen MR) is 114 cm³/mol. The van der Waals surface area contributed by atoms with E-state index in [9.17, 15) is 4.79 Å². The van der Waals surface area contributed by atoms with Gasteiger partial charge in [0.05, 0.1) is 14.2 Å². The van der Waals surface area contributed by atoms with Gasteiger partial charge in [-0.25, -0.2) is 0 Å². The van der Waals surface area contributed by atoms with Gasteiger partial charge >= 0.3 is 0 Å². The highest BCUT2D eigenvalue weighted by Crippen LogP contribution is 2.29. The fourth-order valence-corrected chi connectivity index (χ4v) is 3.01. The van der Waals surface area contributed by atoms with Crippen LogP contribution in [0.15, 0.2) is 60.7 Å². The first-order valence-electron chi connectivity index (χ1n) is 9.33. The Bertz CT molecular complexity index is 1010. The van der Waals surface area contributed by atoms with Crippen LogP contribution in [-0.2, 0) is 6.61 Å². The van der Waals surface area contributed by atoms with Crippen molar-refractivity contribution in [3.63, 3.8) is 0 Å². The molecule has 29 heavy (non-hydrogen) atoms. The molecule has 0 saturated carbocycles. The Hall–Kier alpha value is -3.47. The van der Waals surface area contributed by atoms with Crippen molar-refractivity contribution in [1.82, 2.24) is 0 Å². The van der Waals surface area contributed by atoms with Crippen molar-refractivity contribution in [3.05, 3.63) is 82.9 Å². The number of carbonyl (C=O) groups excluding carboxylic acids is 1. The number of benzene rings is 3. The Balaban J connectivity index is 1.81. The van der Waals surface area contributed by atoms with Crippen LogP contribution in [-0.4, -0.2) is 20.1 Å². The molecular weight excluding hydrogens is 366 g/mol. The van der Waals surface area contributed by atoms with E-state index in [1.54, 1.807) is 32.4 Å². The summed E-state index contributed by atoms with van der Waals surface area (Å²) < 4.78 is 16.7. The maximum absolute atomic E-state index is 12.8. The molecule has 0 atom stereocenters. The van der Waals surface area contributed by atoms with E-state index in [0.717, 1.165) is 22.4 Å². The maximum Gasteiger partial charge on any atom is 0.255 e. The number of anilines is 1. The van der Waals surface area contributed by atoms with Crippen LogP contribution in [0.1, 0.15) is 27.0 Å². The lowest BCUT2D eigenvalue weighted by Crippen LogP contribution is -2.14. The van der Waals surface area contributed by atoms with E-state index in [4.69, 9.17) is 14.2 Å². The Morgan fingerprint density at radius 3 is 2.31 bits per heavy atom. The zero-order chi connectivity index (χ0) is 20.8. The lowest BCUT2D eigenvalue weighted by molar-refractivity contribution is 0.102. The van der Waals surface area contributed by atoms with Gasteiger partial charge in [0.2, 0.25) is 0 Å². The minimum absolute atomic E-state index is 0.181. The third kappa shape index (κ3) is 4.69. The molecule has 0 fully saturated rings.